The fourth-order valence-electron chi connectivity index (χ4n) is 1.64. The molecular weight excluding hydrogens is 166 g/mol. The van der Waals surface area contributed by atoms with Crippen molar-refractivity contribution >= 4 is 11.7 Å². The Labute approximate surface area is 78.4 Å². The van der Waals surface area contributed by atoms with E-state index in [0.29, 0.717) is 6.54 Å². The molecule has 13 heavy (non-hydrogen) atoms. The van der Waals surface area contributed by atoms with E-state index < -0.39 is 0 Å². The van der Waals surface area contributed by atoms with Crippen LogP contribution in [0.15, 0.2) is 12.7 Å². The van der Waals surface area contributed by atoms with Crippen molar-refractivity contribution in [2.24, 2.45) is 5.92 Å². The third kappa shape index (κ3) is 2.41. The van der Waals surface area contributed by atoms with Gasteiger partial charge in [0.2, 0.25) is 5.91 Å². The van der Waals surface area contributed by atoms with Crippen LogP contribution in [0, 0.1) is 5.92 Å². The van der Waals surface area contributed by atoms with Gasteiger partial charge in [-0.1, -0.05) is 6.58 Å². The molecule has 0 radical (unpaired) electrons. The monoisotopic (exact) mass is 181 g/mol. The van der Waals surface area contributed by atoms with E-state index in [1.807, 2.05) is 0 Å². The molecule has 1 aliphatic rings. The fraction of sp³-hybridized carbons (Fsp3) is 0.600. The summed E-state index contributed by atoms with van der Waals surface area (Å²) in [5.74, 6) is 0.158. The number of nitrogens with zero attached hydrogens (tertiary/aromatic N) is 1. The topological polar surface area (TPSA) is 37.4 Å². The number of rotatable bonds is 2. The minimum atomic E-state index is -0.0639. The van der Waals surface area contributed by atoms with Crippen molar-refractivity contribution in [1.82, 2.24) is 4.90 Å². The predicted molar refractivity (Wildman–Crippen MR) is 50.2 cm³/mol. The first-order chi connectivity index (χ1) is 6.15. The van der Waals surface area contributed by atoms with Crippen LogP contribution in [-0.4, -0.2) is 29.7 Å². The molecule has 1 fully saturated rings. The standard InChI is InChI=1S/C10H15NO2/c1-3-10(13)11-6-4-5-9(7-11)8(2)12/h3,9H,1,4-7H2,2H3/t9-/m0/s1. The van der Waals surface area contributed by atoms with Crippen molar-refractivity contribution < 1.29 is 9.59 Å². The molecule has 0 aromatic carbocycles. The van der Waals surface area contributed by atoms with Gasteiger partial charge in [-0.05, 0) is 25.8 Å². The molecule has 1 saturated heterocycles. The number of likely N-dealkylation sites (tertiary alicyclic amines) is 1. The number of hydrogen-bond donors (Lipinski definition) is 0. The molecule has 0 aromatic heterocycles. The number of piperidine rings is 1. The summed E-state index contributed by atoms with van der Waals surface area (Å²) in [5.41, 5.74) is 0. The summed E-state index contributed by atoms with van der Waals surface area (Å²) in [6, 6.07) is 0. The van der Waals surface area contributed by atoms with Gasteiger partial charge in [0.15, 0.2) is 0 Å². The Kier molecular flexibility index (Phi) is 3.23. The first-order valence-corrected chi connectivity index (χ1v) is 4.57. The zero-order valence-corrected chi connectivity index (χ0v) is 7.95. The second-order valence-corrected chi connectivity index (χ2v) is 3.44. The minimum Gasteiger partial charge on any atom is -0.338 e. The average molecular weight is 181 g/mol. The van der Waals surface area contributed by atoms with Crippen LogP contribution in [0.4, 0.5) is 0 Å². The van der Waals surface area contributed by atoms with Gasteiger partial charge >= 0.3 is 0 Å². The van der Waals surface area contributed by atoms with Crippen LogP contribution in [0.3, 0.4) is 0 Å². The molecule has 0 spiro atoms. The Morgan fingerprint density at radius 3 is 2.77 bits per heavy atom. The smallest absolute Gasteiger partial charge is 0.245 e. The highest BCUT2D eigenvalue weighted by Crippen LogP contribution is 2.17. The van der Waals surface area contributed by atoms with Gasteiger partial charge in [-0.3, -0.25) is 9.59 Å². The normalized spacial score (nSPS) is 22.5. The summed E-state index contributed by atoms with van der Waals surface area (Å²) >= 11 is 0. The Hall–Kier alpha value is -1.12. The lowest BCUT2D eigenvalue weighted by atomic mass is 9.94. The highest BCUT2D eigenvalue weighted by molar-refractivity contribution is 5.88. The van der Waals surface area contributed by atoms with Gasteiger partial charge in [0.05, 0.1) is 0 Å². The van der Waals surface area contributed by atoms with E-state index in [4.69, 9.17) is 0 Å². The number of hydrogen-bond acceptors (Lipinski definition) is 2. The maximum absolute atomic E-state index is 11.2. The number of Topliss-reactive ketones (excluding diaryl/α,β-unsaturated/α-hetero) is 1. The lowest BCUT2D eigenvalue weighted by molar-refractivity contribution is -0.130. The SMILES string of the molecule is C=CC(=O)N1CCC[C@H](C(C)=O)C1. The van der Waals surface area contributed by atoms with Crippen LogP contribution >= 0.6 is 0 Å². The summed E-state index contributed by atoms with van der Waals surface area (Å²) in [7, 11) is 0. The summed E-state index contributed by atoms with van der Waals surface area (Å²) in [4.78, 5) is 24.0. The molecule has 1 heterocycles. The van der Waals surface area contributed by atoms with Gasteiger partial charge in [0.1, 0.15) is 5.78 Å². The first kappa shape index (κ1) is 9.96. The van der Waals surface area contributed by atoms with Crippen LogP contribution in [0.2, 0.25) is 0 Å². The van der Waals surface area contributed by atoms with Crippen molar-refractivity contribution in [3.8, 4) is 0 Å². The zero-order valence-electron chi connectivity index (χ0n) is 7.95. The second-order valence-electron chi connectivity index (χ2n) is 3.44. The van der Waals surface area contributed by atoms with Crippen molar-refractivity contribution in [2.75, 3.05) is 13.1 Å². The van der Waals surface area contributed by atoms with E-state index in [9.17, 15) is 9.59 Å². The molecule has 1 aliphatic heterocycles. The molecule has 0 aromatic rings. The van der Waals surface area contributed by atoms with E-state index in [1.165, 1.54) is 6.08 Å². The van der Waals surface area contributed by atoms with E-state index in [-0.39, 0.29) is 17.6 Å². The van der Waals surface area contributed by atoms with Crippen molar-refractivity contribution in [2.45, 2.75) is 19.8 Å². The van der Waals surface area contributed by atoms with Crippen LogP contribution < -0.4 is 0 Å². The van der Waals surface area contributed by atoms with Crippen LogP contribution in [-0.2, 0) is 9.59 Å². The number of ketones is 1. The fourth-order valence-corrected chi connectivity index (χ4v) is 1.64. The van der Waals surface area contributed by atoms with E-state index in [0.717, 1.165) is 19.4 Å². The van der Waals surface area contributed by atoms with E-state index in [2.05, 4.69) is 6.58 Å². The van der Waals surface area contributed by atoms with E-state index in [1.54, 1.807) is 11.8 Å². The Bertz CT molecular complexity index is 235. The zero-order chi connectivity index (χ0) is 9.84. The minimum absolute atomic E-state index is 0.0395. The largest absolute Gasteiger partial charge is 0.338 e. The Morgan fingerprint density at radius 1 is 1.54 bits per heavy atom. The molecule has 1 amide bonds. The lowest BCUT2D eigenvalue weighted by Crippen LogP contribution is -2.41. The molecule has 3 heteroatoms. The van der Waals surface area contributed by atoms with Gasteiger partial charge in [0, 0.05) is 19.0 Å². The lowest BCUT2D eigenvalue weighted by Gasteiger charge is -2.30. The molecule has 1 atom stereocenters. The maximum Gasteiger partial charge on any atom is 0.245 e. The third-order valence-electron chi connectivity index (χ3n) is 2.48. The summed E-state index contributed by atoms with van der Waals surface area (Å²) < 4.78 is 0. The van der Waals surface area contributed by atoms with Gasteiger partial charge < -0.3 is 4.90 Å². The van der Waals surface area contributed by atoms with E-state index >= 15 is 0 Å². The van der Waals surface area contributed by atoms with Crippen molar-refractivity contribution in [3.63, 3.8) is 0 Å². The van der Waals surface area contributed by atoms with Gasteiger partial charge in [-0.15, -0.1) is 0 Å². The molecule has 0 bridgehead atoms. The van der Waals surface area contributed by atoms with Crippen LogP contribution in [0.25, 0.3) is 0 Å². The maximum atomic E-state index is 11.2. The number of carbonyl (C=O) groups is 2. The third-order valence-corrected chi connectivity index (χ3v) is 2.48. The Morgan fingerprint density at radius 2 is 2.23 bits per heavy atom. The second kappa shape index (κ2) is 4.21. The summed E-state index contributed by atoms with van der Waals surface area (Å²) in [5, 5.41) is 0. The number of carbonyl (C=O) groups excluding carboxylic acids is 2. The summed E-state index contributed by atoms with van der Waals surface area (Å²) in [6.45, 7) is 6.35. The molecule has 3 nitrogen and oxygen atoms in total. The van der Waals surface area contributed by atoms with Gasteiger partial charge in [0.25, 0.3) is 0 Å². The predicted octanol–water partition coefficient (Wildman–Crippen LogP) is 1.00. The van der Waals surface area contributed by atoms with Crippen molar-refractivity contribution in [1.29, 1.82) is 0 Å². The molecule has 0 unspecified atom stereocenters. The molecular formula is C10H15NO2. The molecule has 0 saturated carbocycles. The van der Waals surface area contributed by atoms with Gasteiger partial charge in [-0.2, -0.15) is 0 Å². The van der Waals surface area contributed by atoms with Gasteiger partial charge in [-0.25, -0.2) is 0 Å². The summed E-state index contributed by atoms with van der Waals surface area (Å²) in [6.07, 6.45) is 3.14. The molecule has 1 rings (SSSR count). The molecule has 0 N–H and O–H groups in total. The molecule has 72 valence electrons. The van der Waals surface area contributed by atoms with Crippen LogP contribution in [0.1, 0.15) is 19.8 Å². The Balaban J connectivity index is 2.56. The quantitative estimate of drug-likeness (QED) is 0.596. The highest BCUT2D eigenvalue weighted by atomic mass is 16.2. The van der Waals surface area contributed by atoms with Crippen molar-refractivity contribution in [3.05, 3.63) is 12.7 Å². The number of amides is 1. The molecule has 0 aliphatic carbocycles. The highest BCUT2D eigenvalue weighted by Gasteiger charge is 2.24. The first-order valence-electron chi connectivity index (χ1n) is 4.57. The van der Waals surface area contributed by atoms with Crippen LogP contribution in [0.5, 0.6) is 0 Å². The average Bonchev–Trinajstić information content (AvgIpc) is 2.17.